The summed E-state index contributed by atoms with van der Waals surface area (Å²) < 4.78 is 41.8. The number of rotatable bonds is 4. The van der Waals surface area contributed by atoms with Gasteiger partial charge in [0.05, 0.1) is 11.4 Å². The molecule has 2 aromatic carbocycles. The highest BCUT2D eigenvalue weighted by Gasteiger charge is 2.29. The highest BCUT2D eigenvalue weighted by molar-refractivity contribution is 6.05. The van der Waals surface area contributed by atoms with Gasteiger partial charge in [-0.15, -0.1) is 0 Å². The molecule has 1 heterocycles. The van der Waals surface area contributed by atoms with Gasteiger partial charge in [-0.1, -0.05) is 6.92 Å². The van der Waals surface area contributed by atoms with Crippen molar-refractivity contribution in [3.05, 3.63) is 64.6 Å². The summed E-state index contributed by atoms with van der Waals surface area (Å²) in [5.74, 6) is -6.97. The van der Waals surface area contributed by atoms with E-state index in [0.717, 1.165) is 28.8 Å². The second-order valence-electron chi connectivity index (χ2n) is 6.39. The molecule has 0 fully saturated rings. The fraction of sp³-hybridized carbons (Fsp3) is 0.200. The molecule has 0 spiro atoms. The van der Waals surface area contributed by atoms with Gasteiger partial charge in [0.2, 0.25) is 0 Å². The second-order valence-corrected chi connectivity index (χ2v) is 6.39. The van der Waals surface area contributed by atoms with Gasteiger partial charge >= 0.3 is 5.97 Å². The standard InChI is InChI=1S/C20H16F3NO4/c1-3-11(20(27)28)18-9(2)24(16-8-15(23)17(25)7-12(16)18)19(26)10-4-5-13(21)14(22)6-10/h4-8,11,25H,3H2,1-2H3,(H,27,28)/t11-/m0/s1. The Morgan fingerprint density at radius 1 is 1.07 bits per heavy atom. The Morgan fingerprint density at radius 3 is 2.32 bits per heavy atom. The summed E-state index contributed by atoms with van der Waals surface area (Å²) in [5.41, 5.74) is 0.291. The highest BCUT2D eigenvalue weighted by Crippen LogP contribution is 2.37. The van der Waals surface area contributed by atoms with Crippen molar-refractivity contribution in [2.24, 2.45) is 0 Å². The predicted molar refractivity (Wildman–Crippen MR) is 95.1 cm³/mol. The average molecular weight is 391 g/mol. The smallest absolute Gasteiger partial charge is 0.311 e. The van der Waals surface area contributed by atoms with Crippen LogP contribution in [0.3, 0.4) is 0 Å². The third-order valence-corrected chi connectivity index (χ3v) is 4.75. The van der Waals surface area contributed by atoms with Crippen molar-refractivity contribution in [2.45, 2.75) is 26.2 Å². The van der Waals surface area contributed by atoms with Gasteiger partial charge in [-0.05, 0) is 43.2 Å². The minimum atomic E-state index is -1.22. The van der Waals surface area contributed by atoms with E-state index < -0.39 is 41.0 Å². The summed E-state index contributed by atoms with van der Waals surface area (Å²) in [7, 11) is 0. The zero-order valence-corrected chi connectivity index (χ0v) is 15.0. The van der Waals surface area contributed by atoms with Crippen LogP contribution in [0.4, 0.5) is 13.2 Å². The van der Waals surface area contributed by atoms with E-state index in [1.54, 1.807) is 6.92 Å². The van der Waals surface area contributed by atoms with Crippen molar-refractivity contribution in [3.8, 4) is 5.75 Å². The SMILES string of the molecule is CC[C@H](C(=O)O)c1c(C)n(C(=O)c2ccc(F)c(F)c2)c2cc(F)c(O)cc12. The van der Waals surface area contributed by atoms with Crippen LogP contribution in [0.15, 0.2) is 30.3 Å². The van der Waals surface area contributed by atoms with Crippen LogP contribution in [0.1, 0.15) is 40.9 Å². The van der Waals surface area contributed by atoms with Crippen LogP contribution in [0, 0.1) is 24.4 Å². The Morgan fingerprint density at radius 2 is 1.75 bits per heavy atom. The van der Waals surface area contributed by atoms with Gasteiger partial charge in [0, 0.05) is 22.7 Å². The molecule has 0 saturated carbocycles. The van der Waals surface area contributed by atoms with Crippen LogP contribution in [0.5, 0.6) is 5.75 Å². The number of aromatic nitrogens is 1. The Balaban J connectivity index is 2.34. The molecule has 0 aliphatic rings. The Kier molecular flexibility index (Phi) is 4.89. The van der Waals surface area contributed by atoms with Crippen molar-refractivity contribution in [1.82, 2.24) is 4.57 Å². The lowest BCUT2D eigenvalue weighted by molar-refractivity contribution is -0.138. The number of phenolic OH excluding ortho intramolecular Hbond substituents is 1. The molecule has 1 aromatic heterocycles. The Bertz CT molecular complexity index is 1120. The molecule has 0 radical (unpaired) electrons. The van der Waals surface area contributed by atoms with Crippen LogP contribution in [-0.4, -0.2) is 26.7 Å². The predicted octanol–water partition coefficient (Wildman–Crippen LogP) is 4.34. The maximum absolute atomic E-state index is 14.0. The lowest BCUT2D eigenvalue weighted by Crippen LogP contribution is -2.16. The number of benzene rings is 2. The largest absolute Gasteiger partial charge is 0.505 e. The topological polar surface area (TPSA) is 79.5 Å². The van der Waals surface area contributed by atoms with Gasteiger partial charge in [0.1, 0.15) is 0 Å². The summed E-state index contributed by atoms with van der Waals surface area (Å²) in [4.78, 5) is 24.7. The lowest BCUT2D eigenvalue weighted by Gasteiger charge is -2.12. The van der Waals surface area contributed by atoms with E-state index in [2.05, 4.69) is 0 Å². The fourth-order valence-corrected chi connectivity index (χ4v) is 3.41. The van der Waals surface area contributed by atoms with E-state index in [0.29, 0.717) is 6.07 Å². The van der Waals surface area contributed by atoms with E-state index in [1.165, 1.54) is 6.92 Å². The molecule has 1 atom stereocenters. The van der Waals surface area contributed by atoms with Crippen molar-refractivity contribution in [2.75, 3.05) is 0 Å². The molecule has 2 N–H and O–H groups in total. The average Bonchev–Trinajstić information content (AvgIpc) is 2.89. The van der Waals surface area contributed by atoms with Gasteiger partial charge in [-0.2, -0.15) is 0 Å². The number of carbonyl (C=O) groups is 2. The number of halogens is 3. The first-order valence-electron chi connectivity index (χ1n) is 8.43. The van der Waals surface area contributed by atoms with Gasteiger partial charge < -0.3 is 10.2 Å². The van der Waals surface area contributed by atoms with Crippen LogP contribution < -0.4 is 0 Å². The van der Waals surface area contributed by atoms with Crippen molar-refractivity contribution >= 4 is 22.8 Å². The minimum Gasteiger partial charge on any atom is -0.505 e. The first-order valence-corrected chi connectivity index (χ1v) is 8.43. The number of aliphatic carboxylic acids is 1. The van der Waals surface area contributed by atoms with Gasteiger partial charge in [0.15, 0.2) is 23.2 Å². The number of hydrogen-bond donors (Lipinski definition) is 2. The summed E-state index contributed by atoms with van der Waals surface area (Å²) in [6.07, 6.45) is 0.187. The van der Waals surface area contributed by atoms with Crippen molar-refractivity contribution < 1.29 is 33.0 Å². The Hall–Kier alpha value is -3.29. The normalized spacial score (nSPS) is 12.3. The molecule has 8 heteroatoms. The summed E-state index contributed by atoms with van der Waals surface area (Å²) >= 11 is 0. The molecule has 0 aliphatic carbocycles. The van der Waals surface area contributed by atoms with Crippen LogP contribution >= 0.6 is 0 Å². The molecule has 3 aromatic rings. The third kappa shape index (κ3) is 3.00. The van der Waals surface area contributed by atoms with Crippen LogP contribution in [0.2, 0.25) is 0 Å². The van der Waals surface area contributed by atoms with Gasteiger partial charge in [-0.3, -0.25) is 14.2 Å². The minimum absolute atomic E-state index is 0.0252. The van der Waals surface area contributed by atoms with E-state index in [4.69, 9.17) is 0 Å². The first kappa shape index (κ1) is 19.5. The first-order chi connectivity index (χ1) is 13.2. The molecule has 0 aliphatic heterocycles. The van der Waals surface area contributed by atoms with Crippen molar-refractivity contribution in [1.29, 1.82) is 0 Å². The zero-order valence-electron chi connectivity index (χ0n) is 15.0. The molecule has 0 bridgehead atoms. The summed E-state index contributed by atoms with van der Waals surface area (Å²) in [6, 6.07) is 4.56. The summed E-state index contributed by atoms with van der Waals surface area (Å²) in [5, 5.41) is 19.5. The molecule has 3 rings (SSSR count). The highest BCUT2D eigenvalue weighted by atomic mass is 19.2. The molecule has 0 unspecified atom stereocenters. The summed E-state index contributed by atoms with van der Waals surface area (Å²) in [6.45, 7) is 3.12. The van der Waals surface area contributed by atoms with Crippen LogP contribution in [0.25, 0.3) is 10.9 Å². The maximum Gasteiger partial charge on any atom is 0.311 e. The van der Waals surface area contributed by atoms with E-state index in [-0.39, 0.29) is 34.1 Å². The molecule has 28 heavy (non-hydrogen) atoms. The monoisotopic (exact) mass is 391 g/mol. The second kappa shape index (κ2) is 7.03. The molecular weight excluding hydrogens is 375 g/mol. The number of nitrogens with zero attached hydrogens (tertiary/aromatic N) is 1. The van der Waals surface area contributed by atoms with E-state index in [1.807, 2.05) is 0 Å². The van der Waals surface area contributed by atoms with Gasteiger partial charge in [-0.25, -0.2) is 13.2 Å². The lowest BCUT2D eigenvalue weighted by atomic mass is 9.94. The maximum atomic E-state index is 14.0. The molecular formula is C20H16F3NO4. The molecule has 0 saturated heterocycles. The zero-order chi connectivity index (χ0) is 20.7. The van der Waals surface area contributed by atoms with Crippen molar-refractivity contribution in [3.63, 3.8) is 0 Å². The Labute approximate surface area is 157 Å². The fourth-order valence-electron chi connectivity index (χ4n) is 3.41. The molecule has 5 nitrogen and oxygen atoms in total. The van der Waals surface area contributed by atoms with E-state index in [9.17, 15) is 33.0 Å². The number of hydrogen-bond acceptors (Lipinski definition) is 3. The molecule has 146 valence electrons. The number of carboxylic acid groups (broad SMARTS) is 1. The quantitative estimate of drug-likeness (QED) is 0.694. The number of aromatic hydroxyl groups is 1. The molecule has 0 amide bonds. The van der Waals surface area contributed by atoms with Gasteiger partial charge in [0.25, 0.3) is 5.91 Å². The van der Waals surface area contributed by atoms with E-state index >= 15 is 0 Å². The third-order valence-electron chi connectivity index (χ3n) is 4.75. The van der Waals surface area contributed by atoms with Crippen LogP contribution in [-0.2, 0) is 4.79 Å². The number of phenols is 1. The number of carboxylic acids is 1. The number of fused-ring (bicyclic) bond motifs is 1. The number of carbonyl (C=O) groups excluding carboxylic acids is 1.